The maximum absolute atomic E-state index is 10.7. The zero-order valence-electron chi connectivity index (χ0n) is 13.3. The fourth-order valence-corrected chi connectivity index (χ4v) is 2.57. The molecular formula is C20H17NO3. The molecule has 0 aliphatic rings. The van der Waals surface area contributed by atoms with Gasteiger partial charge in [0.15, 0.2) is 0 Å². The van der Waals surface area contributed by atoms with E-state index in [1.165, 1.54) is 23.3 Å². The lowest BCUT2D eigenvalue weighted by atomic mass is 10.0. The van der Waals surface area contributed by atoms with Gasteiger partial charge in [-0.15, -0.1) is 0 Å². The Morgan fingerprint density at radius 1 is 0.792 bits per heavy atom. The fraction of sp³-hybridized carbons (Fsp3) is 0.100. The van der Waals surface area contributed by atoms with E-state index in [1.807, 2.05) is 24.3 Å². The SMILES string of the molecule is COc1ccc(Cc2ccc(-c3ccc([N+](=O)[O-])cc3)cc2)cc1. The number of nitro groups is 1. The number of non-ortho nitro benzene ring substituents is 1. The van der Waals surface area contributed by atoms with Gasteiger partial charge in [0.1, 0.15) is 5.75 Å². The van der Waals surface area contributed by atoms with Gasteiger partial charge in [-0.2, -0.15) is 0 Å². The zero-order valence-corrected chi connectivity index (χ0v) is 13.3. The largest absolute Gasteiger partial charge is 0.497 e. The van der Waals surface area contributed by atoms with Crippen LogP contribution in [-0.4, -0.2) is 12.0 Å². The number of nitro benzene ring substituents is 1. The molecule has 0 fully saturated rings. The molecule has 3 aromatic carbocycles. The van der Waals surface area contributed by atoms with Crippen LogP contribution in [0, 0.1) is 10.1 Å². The third-order valence-electron chi connectivity index (χ3n) is 3.93. The topological polar surface area (TPSA) is 52.4 Å². The second-order valence-electron chi connectivity index (χ2n) is 5.53. The Morgan fingerprint density at radius 2 is 1.25 bits per heavy atom. The molecule has 0 aromatic heterocycles. The second-order valence-corrected chi connectivity index (χ2v) is 5.53. The van der Waals surface area contributed by atoms with Gasteiger partial charge < -0.3 is 4.74 Å². The first-order valence-corrected chi connectivity index (χ1v) is 7.62. The molecule has 0 aliphatic carbocycles. The van der Waals surface area contributed by atoms with Gasteiger partial charge in [-0.05, 0) is 52.9 Å². The molecule has 0 amide bonds. The number of rotatable bonds is 5. The molecule has 0 atom stereocenters. The van der Waals surface area contributed by atoms with E-state index in [0.717, 1.165) is 23.3 Å². The molecule has 120 valence electrons. The molecule has 0 unspecified atom stereocenters. The van der Waals surface area contributed by atoms with Crippen LogP contribution in [0.1, 0.15) is 11.1 Å². The van der Waals surface area contributed by atoms with Crippen molar-refractivity contribution < 1.29 is 9.66 Å². The maximum Gasteiger partial charge on any atom is 0.269 e. The van der Waals surface area contributed by atoms with Crippen LogP contribution in [0.15, 0.2) is 72.8 Å². The normalized spacial score (nSPS) is 10.4. The maximum atomic E-state index is 10.7. The highest BCUT2D eigenvalue weighted by Gasteiger charge is 2.05. The van der Waals surface area contributed by atoms with Crippen LogP contribution in [0.3, 0.4) is 0 Å². The molecule has 0 spiro atoms. The number of ether oxygens (including phenoxy) is 1. The van der Waals surface area contributed by atoms with Crippen molar-refractivity contribution in [1.82, 2.24) is 0 Å². The monoisotopic (exact) mass is 319 g/mol. The summed E-state index contributed by atoms with van der Waals surface area (Å²) in [4.78, 5) is 10.3. The van der Waals surface area contributed by atoms with Gasteiger partial charge in [-0.25, -0.2) is 0 Å². The van der Waals surface area contributed by atoms with Gasteiger partial charge in [0.25, 0.3) is 5.69 Å². The Bertz CT molecular complexity index is 822. The molecule has 4 heteroatoms. The Kier molecular flexibility index (Phi) is 4.57. The van der Waals surface area contributed by atoms with Crippen molar-refractivity contribution in [3.63, 3.8) is 0 Å². The molecule has 0 saturated carbocycles. The highest BCUT2D eigenvalue weighted by molar-refractivity contribution is 5.65. The lowest BCUT2D eigenvalue weighted by Crippen LogP contribution is -1.90. The first-order chi connectivity index (χ1) is 11.7. The molecular weight excluding hydrogens is 302 g/mol. The molecule has 0 heterocycles. The van der Waals surface area contributed by atoms with E-state index < -0.39 is 0 Å². The van der Waals surface area contributed by atoms with Crippen LogP contribution in [0.2, 0.25) is 0 Å². The number of methoxy groups -OCH3 is 1. The summed E-state index contributed by atoms with van der Waals surface area (Å²) in [7, 11) is 1.66. The molecule has 0 N–H and O–H groups in total. The quantitative estimate of drug-likeness (QED) is 0.498. The summed E-state index contributed by atoms with van der Waals surface area (Å²) in [6.45, 7) is 0. The van der Waals surface area contributed by atoms with Gasteiger partial charge in [0.05, 0.1) is 12.0 Å². The number of hydrogen-bond donors (Lipinski definition) is 0. The minimum absolute atomic E-state index is 0.106. The summed E-state index contributed by atoms with van der Waals surface area (Å²) in [5, 5.41) is 10.7. The minimum atomic E-state index is -0.387. The van der Waals surface area contributed by atoms with Gasteiger partial charge in [-0.1, -0.05) is 36.4 Å². The molecule has 0 saturated heterocycles. The summed E-state index contributed by atoms with van der Waals surface area (Å²) < 4.78 is 5.17. The van der Waals surface area contributed by atoms with Gasteiger partial charge in [-0.3, -0.25) is 10.1 Å². The zero-order chi connectivity index (χ0) is 16.9. The number of benzene rings is 3. The molecule has 4 nitrogen and oxygen atoms in total. The second kappa shape index (κ2) is 6.96. The average Bonchev–Trinajstić information content (AvgIpc) is 2.63. The molecule has 24 heavy (non-hydrogen) atoms. The van der Waals surface area contributed by atoms with E-state index in [-0.39, 0.29) is 10.6 Å². The van der Waals surface area contributed by atoms with Crippen molar-refractivity contribution >= 4 is 5.69 Å². The fourth-order valence-electron chi connectivity index (χ4n) is 2.57. The third kappa shape index (κ3) is 3.60. The van der Waals surface area contributed by atoms with Gasteiger partial charge >= 0.3 is 0 Å². The first kappa shape index (κ1) is 15.7. The number of nitrogens with zero attached hydrogens (tertiary/aromatic N) is 1. The van der Waals surface area contributed by atoms with Crippen molar-refractivity contribution in [3.8, 4) is 16.9 Å². The van der Waals surface area contributed by atoms with Crippen molar-refractivity contribution in [2.24, 2.45) is 0 Å². The van der Waals surface area contributed by atoms with E-state index >= 15 is 0 Å². The molecule has 0 bridgehead atoms. The standard InChI is InChI=1S/C20H17NO3/c1-24-20-12-4-16(5-13-20)14-15-2-6-17(7-3-15)18-8-10-19(11-9-18)21(22)23/h2-13H,14H2,1H3. The Labute approximate surface area is 140 Å². The van der Waals surface area contributed by atoms with Crippen LogP contribution in [-0.2, 0) is 6.42 Å². The van der Waals surface area contributed by atoms with Crippen molar-refractivity contribution in [3.05, 3.63) is 94.0 Å². The molecule has 3 aromatic rings. The molecule has 0 aliphatic heterocycles. The van der Waals surface area contributed by atoms with E-state index in [4.69, 9.17) is 4.74 Å². The van der Waals surface area contributed by atoms with Crippen LogP contribution in [0.25, 0.3) is 11.1 Å². The average molecular weight is 319 g/mol. The van der Waals surface area contributed by atoms with Crippen LogP contribution >= 0.6 is 0 Å². The first-order valence-electron chi connectivity index (χ1n) is 7.62. The van der Waals surface area contributed by atoms with Crippen LogP contribution in [0.4, 0.5) is 5.69 Å². The van der Waals surface area contributed by atoms with E-state index in [2.05, 4.69) is 24.3 Å². The van der Waals surface area contributed by atoms with Gasteiger partial charge in [0.2, 0.25) is 0 Å². The Morgan fingerprint density at radius 3 is 1.71 bits per heavy atom. The van der Waals surface area contributed by atoms with Gasteiger partial charge in [0, 0.05) is 12.1 Å². The van der Waals surface area contributed by atoms with Crippen molar-refractivity contribution in [1.29, 1.82) is 0 Å². The number of hydrogen-bond acceptors (Lipinski definition) is 3. The lowest BCUT2D eigenvalue weighted by molar-refractivity contribution is -0.384. The third-order valence-corrected chi connectivity index (χ3v) is 3.93. The highest BCUT2D eigenvalue weighted by atomic mass is 16.6. The van der Waals surface area contributed by atoms with E-state index in [1.54, 1.807) is 19.2 Å². The predicted molar refractivity (Wildman–Crippen MR) is 94.3 cm³/mol. The Hall–Kier alpha value is -3.14. The molecule has 3 rings (SSSR count). The smallest absolute Gasteiger partial charge is 0.269 e. The van der Waals surface area contributed by atoms with E-state index in [9.17, 15) is 10.1 Å². The summed E-state index contributed by atoms with van der Waals surface area (Å²) in [5.41, 5.74) is 4.56. The molecule has 0 radical (unpaired) electrons. The van der Waals surface area contributed by atoms with Crippen molar-refractivity contribution in [2.75, 3.05) is 7.11 Å². The predicted octanol–water partition coefficient (Wildman–Crippen LogP) is 4.86. The van der Waals surface area contributed by atoms with E-state index in [0.29, 0.717) is 0 Å². The Balaban J connectivity index is 1.73. The summed E-state index contributed by atoms with van der Waals surface area (Å²) >= 11 is 0. The van der Waals surface area contributed by atoms with Crippen molar-refractivity contribution in [2.45, 2.75) is 6.42 Å². The van der Waals surface area contributed by atoms with Crippen LogP contribution < -0.4 is 4.74 Å². The minimum Gasteiger partial charge on any atom is -0.497 e. The highest BCUT2D eigenvalue weighted by Crippen LogP contribution is 2.23. The summed E-state index contributed by atoms with van der Waals surface area (Å²) in [6, 6.07) is 22.9. The lowest BCUT2D eigenvalue weighted by Gasteiger charge is -2.06. The summed E-state index contributed by atoms with van der Waals surface area (Å²) in [6.07, 6.45) is 0.852. The summed E-state index contributed by atoms with van der Waals surface area (Å²) in [5.74, 6) is 0.854. The van der Waals surface area contributed by atoms with Crippen LogP contribution in [0.5, 0.6) is 5.75 Å².